The van der Waals surface area contributed by atoms with Crippen molar-refractivity contribution < 1.29 is 17.6 Å². The molecule has 2 atom stereocenters. The number of hydrogen-bond donors (Lipinski definition) is 2. The van der Waals surface area contributed by atoms with E-state index in [1.165, 1.54) is 24.6 Å². The van der Waals surface area contributed by atoms with Crippen LogP contribution in [0.15, 0.2) is 59.5 Å². The maximum Gasteiger partial charge on any atom is 0.244 e. The summed E-state index contributed by atoms with van der Waals surface area (Å²) in [5, 5.41) is 2.78. The van der Waals surface area contributed by atoms with Gasteiger partial charge in [0, 0.05) is 6.04 Å². The van der Waals surface area contributed by atoms with Crippen LogP contribution < -0.4 is 10.0 Å². The average Bonchev–Trinajstić information content (AvgIpc) is 2.60. The van der Waals surface area contributed by atoms with Gasteiger partial charge in [0.25, 0.3) is 0 Å². The molecule has 0 aliphatic heterocycles. The number of benzene rings is 2. The van der Waals surface area contributed by atoms with Gasteiger partial charge in [-0.05, 0) is 44.4 Å². The van der Waals surface area contributed by atoms with Crippen molar-refractivity contribution in [3.8, 4) is 0 Å². The predicted molar refractivity (Wildman–Crippen MR) is 98.6 cm³/mol. The molecule has 1 amide bonds. The zero-order valence-electron chi connectivity index (χ0n) is 14.8. The quantitative estimate of drug-likeness (QED) is 0.741. The molecule has 2 aromatic carbocycles. The molecule has 0 fully saturated rings. The Morgan fingerprint density at radius 3 is 2.31 bits per heavy atom. The molecule has 0 aliphatic carbocycles. The Labute approximate surface area is 153 Å². The van der Waals surface area contributed by atoms with Gasteiger partial charge in [-0.2, -0.15) is 4.72 Å². The summed E-state index contributed by atoms with van der Waals surface area (Å²) in [6, 6.07) is 13.8. The topological polar surface area (TPSA) is 75.3 Å². The first-order chi connectivity index (χ1) is 12.3. The molecule has 2 aromatic rings. The van der Waals surface area contributed by atoms with Gasteiger partial charge in [0.05, 0.1) is 6.04 Å². The van der Waals surface area contributed by atoms with Crippen molar-refractivity contribution >= 4 is 15.9 Å². The molecule has 0 bridgehead atoms. The lowest BCUT2D eigenvalue weighted by molar-refractivity contribution is -0.123. The summed E-state index contributed by atoms with van der Waals surface area (Å²) < 4.78 is 40.4. The highest BCUT2D eigenvalue weighted by Gasteiger charge is 2.25. The highest BCUT2D eigenvalue weighted by Crippen LogP contribution is 2.13. The fourth-order valence-corrected chi connectivity index (χ4v) is 3.76. The monoisotopic (exact) mass is 378 g/mol. The first kappa shape index (κ1) is 20.1. The van der Waals surface area contributed by atoms with Crippen molar-refractivity contribution in [2.45, 2.75) is 43.7 Å². The zero-order valence-corrected chi connectivity index (χ0v) is 15.6. The maximum atomic E-state index is 13.7. The number of nitrogens with one attached hydrogen (secondary N) is 2. The number of amides is 1. The van der Waals surface area contributed by atoms with Gasteiger partial charge in [0.1, 0.15) is 10.7 Å². The van der Waals surface area contributed by atoms with E-state index in [1.807, 2.05) is 37.3 Å². The van der Waals surface area contributed by atoms with Crippen LogP contribution in [0.4, 0.5) is 4.39 Å². The summed E-state index contributed by atoms with van der Waals surface area (Å²) in [6.45, 7) is 3.29. The summed E-state index contributed by atoms with van der Waals surface area (Å²) in [5.41, 5.74) is 1.17. The van der Waals surface area contributed by atoms with Gasteiger partial charge in [0.15, 0.2) is 0 Å². The number of carbonyl (C=O) groups excluding carboxylic acids is 1. The van der Waals surface area contributed by atoms with E-state index in [0.717, 1.165) is 25.0 Å². The molecule has 0 unspecified atom stereocenters. The molecule has 0 heterocycles. The molecular formula is C19H23FN2O3S. The number of sulfonamides is 1. The van der Waals surface area contributed by atoms with Crippen molar-refractivity contribution in [3.63, 3.8) is 0 Å². The minimum Gasteiger partial charge on any atom is -0.352 e. The number of aryl methyl sites for hydroxylation is 1. The van der Waals surface area contributed by atoms with Gasteiger partial charge < -0.3 is 5.32 Å². The maximum absolute atomic E-state index is 13.7. The second kappa shape index (κ2) is 8.91. The second-order valence-electron chi connectivity index (χ2n) is 6.21. The van der Waals surface area contributed by atoms with Gasteiger partial charge >= 0.3 is 0 Å². The van der Waals surface area contributed by atoms with Gasteiger partial charge in [-0.3, -0.25) is 4.79 Å². The molecule has 0 spiro atoms. The van der Waals surface area contributed by atoms with Gasteiger partial charge in [-0.25, -0.2) is 12.8 Å². The minimum absolute atomic E-state index is 0.122. The lowest BCUT2D eigenvalue weighted by atomic mass is 10.1. The SMILES string of the molecule is C[C@H](CCc1ccccc1)NC(=O)[C@H](C)NS(=O)(=O)c1ccccc1F. The molecule has 140 valence electrons. The molecule has 5 nitrogen and oxygen atoms in total. The van der Waals surface area contributed by atoms with Crippen LogP contribution in [0, 0.1) is 5.82 Å². The Balaban J connectivity index is 1.89. The number of halogens is 1. The van der Waals surface area contributed by atoms with E-state index in [4.69, 9.17) is 0 Å². The highest BCUT2D eigenvalue weighted by molar-refractivity contribution is 7.89. The Morgan fingerprint density at radius 2 is 1.65 bits per heavy atom. The summed E-state index contributed by atoms with van der Waals surface area (Å²) in [6.07, 6.45) is 1.53. The molecule has 26 heavy (non-hydrogen) atoms. The lowest BCUT2D eigenvalue weighted by Gasteiger charge is -2.19. The zero-order chi connectivity index (χ0) is 19.2. The Bertz CT molecular complexity index is 841. The van der Waals surface area contributed by atoms with Crippen molar-refractivity contribution in [3.05, 3.63) is 66.0 Å². The lowest BCUT2D eigenvalue weighted by Crippen LogP contribution is -2.47. The van der Waals surface area contributed by atoms with Crippen LogP contribution in [0.1, 0.15) is 25.8 Å². The number of hydrogen-bond acceptors (Lipinski definition) is 3. The van der Waals surface area contributed by atoms with E-state index in [1.54, 1.807) is 0 Å². The van der Waals surface area contributed by atoms with E-state index in [9.17, 15) is 17.6 Å². The molecule has 2 N–H and O–H groups in total. The van der Waals surface area contributed by atoms with Crippen LogP contribution in [0.2, 0.25) is 0 Å². The molecular weight excluding hydrogens is 355 g/mol. The van der Waals surface area contributed by atoms with Crippen molar-refractivity contribution in [1.82, 2.24) is 10.0 Å². The number of rotatable bonds is 8. The average molecular weight is 378 g/mol. The van der Waals surface area contributed by atoms with Crippen molar-refractivity contribution in [2.24, 2.45) is 0 Å². The Kier molecular flexibility index (Phi) is 6.88. The molecule has 0 aliphatic rings. The minimum atomic E-state index is -4.11. The highest BCUT2D eigenvalue weighted by atomic mass is 32.2. The standard InChI is InChI=1S/C19H23FN2O3S/c1-14(12-13-16-8-4-3-5-9-16)21-19(23)15(2)22-26(24,25)18-11-7-6-10-17(18)20/h3-11,14-15,22H,12-13H2,1-2H3,(H,21,23)/t14-,15+/m1/s1. The van der Waals surface area contributed by atoms with Crippen LogP contribution in [0.25, 0.3) is 0 Å². The molecule has 7 heteroatoms. The predicted octanol–water partition coefficient (Wildman–Crippen LogP) is 2.63. The van der Waals surface area contributed by atoms with Crippen molar-refractivity contribution in [1.29, 1.82) is 0 Å². The molecule has 0 aromatic heterocycles. The van der Waals surface area contributed by atoms with Gasteiger partial charge in [0.2, 0.25) is 15.9 Å². The smallest absolute Gasteiger partial charge is 0.244 e. The Morgan fingerprint density at radius 1 is 1.04 bits per heavy atom. The Hall–Kier alpha value is -2.25. The van der Waals surface area contributed by atoms with Crippen LogP contribution in [-0.4, -0.2) is 26.4 Å². The second-order valence-corrected chi connectivity index (χ2v) is 7.89. The van der Waals surface area contributed by atoms with Crippen LogP contribution in [0.3, 0.4) is 0 Å². The summed E-state index contributed by atoms with van der Waals surface area (Å²) >= 11 is 0. The van der Waals surface area contributed by atoms with E-state index in [-0.39, 0.29) is 6.04 Å². The summed E-state index contributed by atoms with van der Waals surface area (Å²) in [5.74, 6) is -1.31. The summed E-state index contributed by atoms with van der Waals surface area (Å²) in [4.78, 5) is 11.8. The van der Waals surface area contributed by atoms with E-state index >= 15 is 0 Å². The van der Waals surface area contributed by atoms with E-state index in [2.05, 4.69) is 10.0 Å². The fraction of sp³-hybridized carbons (Fsp3) is 0.316. The molecule has 0 saturated carbocycles. The third kappa shape index (κ3) is 5.64. The van der Waals surface area contributed by atoms with E-state index < -0.39 is 32.7 Å². The van der Waals surface area contributed by atoms with Crippen LogP contribution >= 0.6 is 0 Å². The molecule has 0 radical (unpaired) electrons. The molecule has 0 saturated heterocycles. The van der Waals surface area contributed by atoms with Gasteiger partial charge in [-0.15, -0.1) is 0 Å². The largest absolute Gasteiger partial charge is 0.352 e. The fourth-order valence-electron chi connectivity index (χ4n) is 2.48. The summed E-state index contributed by atoms with van der Waals surface area (Å²) in [7, 11) is -4.11. The van der Waals surface area contributed by atoms with Gasteiger partial charge in [-0.1, -0.05) is 42.5 Å². The normalized spacial score (nSPS) is 13.8. The van der Waals surface area contributed by atoms with Crippen LogP contribution in [0.5, 0.6) is 0 Å². The number of carbonyl (C=O) groups is 1. The first-order valence-corrected chi connectivity index (χ1v) is 9.89. The van der Waals surface area contributed by atoms with Crippen LogP contribution in [-0.2, 0) is 21.2 Å². The first-order valence-electron chi connectivity index (χ1n) is 8.41. The van der Waals surface area contributed by atoms with Crippen molar-refractivity contribution in [2.75, 3.05) is 0 Å². The third-order valence-corrected chi connectivity index (χ3v) is 5.52. The van der Waals surface area contributed by atoms with E-state index in [0.29, 0.717) is 0 Å². The molecule has 2 rings (SSSR count). The third-order valence-electron chi connectivity index (χ3n) is 3.95.